The molecule has 1 fully saturated rings. The minimum atomic E-state index is -2.00. The van der Waals surface area contributed by atoms with Gasteiger partial charge in [-0.3, -0.25) is 4.79 Å². The Hall–Kier alpha value is -0.476. The lowest BCUT2D eigenvalue weighted by molar-refractivity contribution is -0.137. The van der Waals surface area contributed by atoms with Gasteiger partial charge >= 0.3 is 5.97 Å². The molecule has 0 radical (unpaired) electrons. The van der Waals surface area contributed by atoms with Crippen LogP contribution in [0.15, 0.2) is 12.2 Å². The first-order valence-electron chi connectivity index (χ1n) is 15.8. The van der Waals surface area contributed by atoms with Gasteiger partial charge in [-0.15, -0.1) is 0 Å². The maximum Gasteiger partial charge on any atom is 0.303 e. The van der Waals surface area contributed by atoms with E-state index in [-0.39, 0.29) is 46.6 Å². The van der Waals surface area contributed by atoms with Crippen LogP contribution < -0.4 is 0 Å². The van der Waals surface area contributed by atoms with Crippen molar-refractivity contribution >= 4 is 22.6 Å². The average molecular weight is 585 g/mol. The molecular weight excluding hydrogens is 521 g/mol. The Labute approximate surface area is 243 Å². The van der Waals surface area contributed by atoms with E-state index in [1.54, 1.807) is 0 Å². The number of carboxylic acid groups (broad SMARTS) is 1. The molecule has 1 saturated carbocycles. The van der Waals surface area contributed by atoms with Crippen molar-refractivity contribution in [1.29, 1.82) is 0 Å². The molecule has 0 aromatic rings. The molecule has 0 unspecified atom stereocenters. The molecule has 0 heterocycles. The summed E-state index contributed by atoms with van der Waals surface area (Å²) in [5.74, 6) is -0.380. The maximum absolute atomic E-state index is 11.2. The predicted molar refractivity (Wildman–Crippen MR) is 170 cm³/mol. The van der Waals surface area contributed by atoms with Crippen molar-refractivity contribution in [2.75, 3.05) is 0 Å². The molecule has 2 N–H and O–H groups in total. The Kier molecular flexibility index (Phi) is 14.7. The standard InChI is InChI=1S/C32H64O5Si2/c1-12-13-16-19-25(36-38(8,9)31(2,3)4)22-23-27-26(20-17-14-15-18-21-30(34)35)28(33)24-29(27)37-39(10,11)32(5,6)7/h22-23,25-29,33H,12-21,24H2,1-11H3,(H,34,35)/b23-22+/t25-,26+,27+,28-,29+/m0/s1. The third-order valence-electron chi connectivity index (χ3n) is 9.71. The molecule has 5 nitrogen and oxygen atoms in total. The molecular formula is C32H64O5Si2. The van der Waals surface area contributed by atoms with E-state index in [2.05, 4.69) is 86.8 Å². The summed E-state index contributed by atoms with van der Waals surface area (Å²) in [4.78, 5) is 10.8. The zero-order valence-corrected chi connectivity index (χ0v) is 29.4. The number of hydrogen-bond donors (Lipinski definition) is 2. The fourth-order valence-electron chi connectivity index (χ4n) is 5.04. The monoisotopic (exact) mass is 584 g/mol. The summed E-state index contributed by atoms with van der Waals surface area (Å²) in [5, 5.41) is 20.4. The van der Waals surface area contributed by atoms with Gasteiger partial charge in [-0.1, -0.05) is 99.1 Å². The second kappa shape index (κ2) is 15.7. The molecule has 0 amide bonds. The zero-order chi connectivity index (χ0) is 30.1. The highest BCUT2D eigenvalue weighted by Crippen LogP contribution is 2.45. The summed E-state index contributed by atoms with van der Waals surface area (Å²) in [6.45, 7) is 25.3. The zero-order valence-electron chi connectivity index (χ0n) is 27.4. The summed E-state index contributed by atoms with van der Waals surface area (Å²) in [5.41, 5.74) is 0. The number of carbonyl (C=O) groups is 1. The largest absolute Gasteiger partial charge is 0.481 e. The van der Waals surface area contributed by atoms with E-state index in [0.29, 0.717) is 6.42 Å². The second-order valence-electron chi connectivity index (χ2n) is 15.1. The van der Waals surface area contributed by atoms with Crippen molar-refractivity contribution in [1.82, 2.24) is 0 Å². The molecule has 0 aromatic heterocycles. The number of hydrogen-bond acceptors (Lipinski definition) is 4. The first-order chi connectivity index (χ1) is 17.8. The van der Waals surface area contributed by atoms with Gasteiger partial charge < -0.3 is 19.1 Å². The van der Waals surface area contributed by atoms with Crippen LogP contribution in [0.5, 0.6) is 0 Å². The molecule has 0 saturated heterocycles. The smallest absolute Gasteiger partial charge is 0.303 e. The van der Waals surface area contributed by atoms with Crippen LogP contribution in [0.2, 0.25) is 36.3 Å². The summed E-state index contributed by atoms with van der Waals surface area (Å²) in [6, 6.07) is 0. The van der Waals surface area contributed by atoms with Gasteiger partial charge in [-0.25, -0.2) is 0 Å². The van der Waals surface area contributed by atoms with E-state index >= 15 is 0 Å². The molecule has 1 rings (SSSR count). The highest BCUT2D eigenvalue weighted by molar-refractivity contribution is 6.74. The molecule has 1 aliphatic rings. The van der Waals surface area contributed by atoms with Crippen LogP contribution >= 0.6 is 0 Å². The Bertz CT molecular complexity index is 751. The number of carboxylic acids is 1. The molecule has 5 atom stereocenters. The normalized spacial score (nSPS) is 24.0. The van der Waals surface area contributed by atoms with Crippen LogP contribution in [-0.4, -0.2) is 51.1 Å². The highest BCUT2D eigenvalue weighted by Gasteiger charge is 2.47. The van der Waals surface area contributed by atoms with Gasteiger partial charge in [0.25, 0.3) is 0 Å². The lowest BCUT2D eigenvalue weighted by Crippen LogP contribution is -2.45. The quantitative estimate of drug-likeness (QED) is 0.101. The minimum absolute atomic E-state index is 0.0262. The molecule has 7 heteroatoms. The average Bonchev–Trinajstić information content (AvgIpc) is 3.05. The van der Waals surface area contributed by atoms with Gasteiger partial charge in [-0.05, 0) is 67.9 Å². The van der Waals surface area contributed by atoms with Crippen LogP contribution in [0.4, 0.5) is 0 Å². The molecule has 1 aliphatic carbocycles. The van der Waals surface area contributed by atoms with E-state index < -0.39 is 22.6 Å². The van der Waals surface area contributed by atoms with Crippen molar-refractivity contribution in [3.05, 3.63) is 12.2 Å². The third-order valence-corrected chi connectivity index (χ3v) is 18.7. The Balaban J connectivity index is 3.16. The van der Waals surface area contributed by atoms with Gasteiger partial charge in [0.1, 0.15) is 0 Å². The van der Waals surface area contributed by atoms with Crippen LogP contribution in [0.1, 0.15) is 119 Å². The highest BCUT2D eigenvalue weighted by atomic mass is 28.4. The summed E-state index contributed by atoms with van der Waals surface area (Å²) in [7, 11) is -3.93. The predicted octanol–water partition coefficient (Wildman–Crippen LogP) is 9.33. The van der Waals surface area contributed by atoms with E-state index in [1.807, 2.05) is 0 Å². The first-order valence-corrected chi connectivity index (χ1v) is 21.6. The number of aliphatic carboxylic acids is 1. The van der Waals surface area contributed by atoms with Gasteiger partial charge in [0, 0.05) is 12.3 Å². The fraction of sp³-hybridized carbons (Fsp3) is 0.906. The van der Waals surface area contributed by atoms with Crippen LogP contribution in [0.3, 0.4) is 0 Å². The lowest BCUT2D eigenvalue weighted by Gasteiger charge is -2.40. The number of unbranched alkanes of at least 4 members (excludes halogenated alkanes) is 5. The molecule has 0 aromatic carbocycles. The maximum atomic E-state index is 11.2. The summed E-state index contributed by atoms with van der Waals surface area (Å²) < 4.78 is 13.9. The topological polar surface area (TPSA) is 76.0 Å². The molecule has 39 heavy (non-hydrogen) atoms. The second-order valence-corrected chi connectivity index (χ2v) is 24.6. The van der Waals surface area contributed by atoms with Gasteiger partial charge in [-0.2, -0.15) is 0 Å². The van der Waals surface area contributed by atoms with Gasteiger partial charge in [0.05, 0.1) is 18.3 Å². The van der Waals surface area contributed by atoms with Crippen molar-refractivity contribution in [2.45, 2.75) is 174 Å². The van der Waals surface area contributed by atoms with Gasteiger partial charge in [0.15, 0.2) is 16.6 Å². The van der Waals surface area contributed by atoms with Crippen molar-refractivity contribution < 1.29 is 23.9 Å². The van der Waals surface area contributed by atoms with Crippen molar-refractivity contribution in [3.63, 3.8) is 0 Å². The van der Waals surface area contributed by atoms with E-state index in [9.17, 15) is 9.90 Å². The van der Waals surface area contributed by atoms with Crippen molar-refractivity contribution in [3.8, 4) is 0 Å². The molecule has 0 aliphatic heterocycles. The Morgan fingerprint density at radius 3 is 2.05 bits per heavy atom. The molecule has 0 bridgehead atoms. The Morgan fingerprint density at radius 2 is 1.51 bits per heavy atom. The van der Waals surface area contributed by atoms with E-state index in [0.717, 1.165) is 44.9 Å². The minimum Gasteiger partial charge on any atom is -0.481 e. The lowest BCUT2D eigenvalue weighted by atomic mass is 9.88. The van der Waals surface area contributed by atoms with E-state index in [4.69, 9.17) is 14.0 Å². The number of rotatable bonds is 17. The molecule has 0 spiro atoms. The van der Waals surface area contributed by atoms with Crippen molar-refractivity contribution in [2.24, 2.45) is 11.8 Å². The molecule has 230 valence electrons. The number of aliphatic hydroxyl groups is 1. The van der Waals surface area contributed by atoms with Crippen LogP contribution in [-0.2, 0) is 13.6 Å². The SMILES string of the molecule is CCCCC[C@@H](/C=C/[C@@H]1[C@@H](CCCCCCC(=O)O)[C@@H](O)C[C@H]1O[Si](C)(C)C(C)(C)C)O[Si](C)(C)C(C)(C)C. The van der Waals surface area contributed by atoms with E-state index in [1.165, 1.54) is 12.8 Å². The summed E-state index contributed by atoms with van der Waals surface area (Å²) >= 11 is 0. The summed E-state index contributed by atoms with van der Waals surface area (Å²) in [6.07, 6.45) is 14.6. The fourth-order valence-corrected chi connectivity index (χ4v) is 7.71. The Morgan fingerprint density at radius 1 is 0.923 bits per heavy atom. The van der Waals surface area contributed by atoms with Crippen LogP contribution in [0, 0.1) is 11.8 Å². The van der Waals surface area contributed by atoms with Gasteiger partial charge in [0.2, 0.25) is 0 Å². The number of aliphatic hydroxyl groups excluding tert-OH is 1. The third kappa shape index (κ3) is 12.1. The first kappa shape index (κ1) is 36.5. The van der Waals surface area contributed by atoms with Crippen LogP contribution in [0.25, 0.3) is 0 Å².